The van der Waals surface area contributed by atoms with Gasteiger partial charge in [-0.05, 0) is 49.9 Å². The number of hydrogen-bond acceptors (Lipinski definition) is 2. The third-order valence-electron chi connectivity index (χ3n) is 4.58. The van der Waals surface area contributed by atoms with E-state index in [4.69, 9.17) is 5.73 Å². The van der Waals surface area contributed by atoms with Crippen molar-refractivity contribution in [2.75, 3.05) is 11.4 Å². The Balaban J connectivity index is 1.85. The van der Waals surface area contributed by atoms with Crippen LogP contribution in [0.3, 0.4) is 0 Å². The fourth-order valence-corrected chi connectivity index (χ4v) is 3.38. The minimum atomic E-state index is 0.0542. The Morgan fingerprint density at radius 3 is 2.76 bits per heavy atom. The first-order valence-electron chi connectivity index (χ1n) is 7.73. The summed E-state index contributed by atoms with van der Waals surface area (Å²) in [5.41, 5.74) is 13.2. The SMILES string of the molecule is Cc1ccc(C)c(C(N)CN2c3ccccc3CC2C)c1. The third-order valence-corrected chi connectivity index (χ3v) is 4.58. The van der Waals surface area contributed by atoms with Crippen molar-refractivity contribution in [3.05, 3.63) is 64.7 Å². The molecule has 2 unspecified atom stereocenters. The average Bonchev–Trinajstić information content (AvgIpc) is 2.78. The van der Waals surface area contributed by atoms with E-state index in [2.05, 4.69) is 68.1 Å². The molecule has 2 heteroatoms. The summed E-state index contributed by atoms with van der Waals surface area (Å²) in [7, 11) is 0. The minimum absolute atomic E-state index is 0.0542. The molecule has 1 aliphatic rings. The number of fused-ring (bicyclic) bond motifs is 1. The largest absolute Gasteiger partial charge is 0.366 e. The zero-order chi connectivity index (χ0) is 15.0. The van der Waals surface area contributed by atoms with Crippen molar-refractivity contribution in [3.63, 3.8) is 0 Å². The van der Waals surface area contributed by atoms with Crippen LogP contribution in [-0.4, -0.2) is 12.6 Å². The molecule has 2 aromatic carbocycles. The number of hydrogen-bond donors (Lipinski definition) is 1. The quantitative estimate of drug-likeness (QED) is 0.927. The standard InChI is InChI=1S/C19H24N2/c1-13-8-9-14(2)17(10-13)18(20)12-21-15(3)11-16-6-4-5-7-19(16)21/h4-10,15,18H,11-12,20H2,1-3H3. The van der Waals surface area contributed by atoms with Crippen LogP contribution in [0.2, 0.25) is 0 Å². The van der Waals surface area contributed by atoms with Crippen LogP contribution >= 0.6 is 0 Å². The molecule has 2 N–H and O–H groups in total. The summed E-state index contributed by atoms with van der Waals surface area (Å²) in [6.45, 7) is 7.44. The van der Waals surface area contributed by atoms with Gasteiger partial charge in [0.25, 0.3) is 0 Å². The van der Waals surface area contributed by atoms with Crippen molar-refractivity contribution in [1.82, 2.24) is 0 Å². The summed E-state index contributed by atoms with van der Waals surface area (Å²) in [5.74, 6) is 0. The fourth-order valence-electron chi connectivity index (χ4n) is 3.38. The molecule has 21 heavy (non-hydrogen) atoms. The lowest BCUT2D eigenvalue weighted by molar-refractivity contribution is 0.607. The van der Waals surface area contributed by atoms with Crippen molar-refractivity contribution in [2.24, 2.45) is 5.73 Å². The Labute approximate surface area is 127 Å². The van der Waals surface area contributed by atoms with Crippen LogP contribution in [0, 0.1) is 13.8 Å². The van der Waals surface area contributed by atoms with Gasteiger partial charge in [-0.15, -0.1) is 0 Å². The van der Waals surface area contributed by atoms with Gasteiger partial charge in [-0.1, -0.05) is 42.0 Å². The molecule has 0 amide bonds. The molecule has 0 spiro atoms. The van der Waals surface area contributed by atoms with Gasteiger partial charge in [0.05, 0.1) is 0 Å². The monoisotopic (exact) mass is 280 g/mol. The van der Waals surface area contributed by atoms with E-state index < -0.39 is 0 Å². The van der Waals surface area contributed by atoms with Crippen LogP contribution in [0.4, 0.5) is 5.69 Å². The highest BCUT2D eigenvalue weighted by Crippen LogP contribution is 2.33. The zero-order valence-electron chi connectivity index (χ0n) is 13.1. The van der Waals surface area contributed by atoms with Crippen LogP contribution in [0.15, 0.2) is 42.5 Å². The van der Waals surface area contributed by atoms with Crippen molar-refractivity contribution in [1.29, 1.82) is 0 Å². The molecular formula is C19H24N2. The lowest BCUT2D eigenvalue weighted by Gasteiger charge is -2.29. The highest BCUT2D eigenvalue weighted by Gasteiger charge is 2.27. The lowest BCUT2D eigenvalue weighted by Crippen LogP contribution is -2.36. The van der Waals surface area contributed by atoms with Crippen molar-refractivity contribution in [2.45, 2.75) is 39.3 Å². The van der Waals surface area contributed by atoms with Gasteiger partial charge in [-0.25, -0.2) is 0 Å². The first-order valence-corrected chi connectivity index (χ1v) is 7.73. The summed E-state index contributed by atoms with van der Waals surface area (Å²) in [4.78, 5) is 2.46. The number of rotatable bonds is 3. The molecule has 3 rings (SSSR count). The van der Waals surface area contributed by atoms with E-state index in [1.54, 1.807) is 0 Å². The molecule has 0 saturated heterocycles. The van der Waals surface area contributed by atoms with Gasteiger partial charge in [0.2, 0.25) is 0 Å². The Kier molecular flexibility index (Phi) is 3.73. The van der Waals surface area contributed by atoms with Gasteiger partial charge in [0, 0.05) is 24.3 Å². The second kappa shape index (κ2) is 5.53. The maximum absolute atomic E-state index is 6.52. The van der Waals surface area contributed by atoms with Crippen LogP contribution in [0.25, 0.3) is 0 Å². The predicted octanol–water partition coefficient (Wildman–Crippen LogP) is 3.75. The van der Waals surface area contributed by atoms with E-state index >= 15 is 0 Å². The smallest absolute Gasteiger partial charge is 0.0476 e. The maximum atomic E-state index is 6.52. The first kappa shape index (κ1) is 14.2. The van der Waals surface area contributed by atoms with E-state index in [1.807, 2.05) is 0 Å². The Hall–Kier alpha value is -1.80. The fraction of sp³-hybridized carbons (Fsp3) is 0.368. The van der Waals surface area contributed by atoms with E-state index in [1.165, 1.54) is 27.9 Å². The molecule has 0 bridgehead atoms. The van der Waals surface area contributed by atoms with Gasteiger partial charge in [-0.3, -0.25) is 0 Å². The van der Waals surface area contributed by atoms with E-state index in [0.717, 1.165) is 13.0 Å². The number of aryl methyl sites for hydroxylation is 2. The van der Waals surface area contributed by atoms with Crippen molar-refractivity contribution >= 4 is 5.69 Å². The highest BCUT2D eigenvalue weighted by molar-refractivity contribution is 5.59. The Morgan fingerprint density at radius 1 is 1.19 bits per heavy atom. The third kappa shape index (κ3) is 2.68. The summed E-state index contributed by atoms with van der Waals surface area (Å²) >= 11 is 0. The molecule has 0 saturated carbocycles. The molecule has 0 fully saturated rings. The summed E-state index contributed by atoms with van der Waals surface area (Å²) in [6, 6.07) is 15.8. The second-order valence-corrected chi connectivity index (χ2v) is 6.30. The summed E-state index contributed by atoms with van der Waals surface area (Å²) in [6.07, 6.45) is 1.12. The lowest BCUT2D eigenvalue weighted by atomic mass is 9.99. The van der Waals surface area contributed by atoms with E-state index in [0.29, 0.717) is 6.04 Å². The van der Waals surface area contributed by atoms with Crippen LogP contribution in [0.1, 0.15) is 35.2 Å². The number of anilines is 1. The van der Waals surface area contributed by atoms with Crippen LogP contribution in [0.5, 0.6) is 0 Å². The Morgan fingerprint density at radius 2 is 1.95 bits per heavy atom. The number of nitrogens with zero attached hydrogens (tertiary/aromatic N) is 1. The van der Waals surface area contributed by atoms with Gasteiger partial charge < -0.3 is 10.6 Å². The molecule has 110 valence electrons. The second-order valence-electron chi connectivity index (χ2n) is 6.30. The molecule has 0 aliphatic carbocycles. The highest BCUT2D eigenvalue weighted by atomic mass is 15.2. The van der Waals surface area contributed by atoms with Crippen LogP contribution in [-0.2, 0) is 6.42 Å². The van der Waals surface area contributed by atoms with Gasteiger partial charge >= 0.3 is 0 Å². The molecule has 1 heterocycles. The average molecular weight is 280 g/mol. The minimum Gasteiger partial charge on any atom is -0.366 e. The zero-order valence-corrected chi connectivity index (χ0v) is 13.1. The first-order chi connectivity index (χ1) is 10.1. The molecule has 2 aromatic rings. The molecule has 0 radical (unpaired) electrons. The maximum Gasteiger partial charge on any atom is 0.0476 e. The number of para-hydroxylation sites is 1. The van der Waals surface area contributed by atoms with Crippen LogP contribution < -0.4 is 10.6 Å². The normalized spacial score (nSPS) is 18.7. The van der Waals surface area contributed by atoms with Gasteiger partial charge in [0.1, 0.15) is 0 Å². The molecule has 1 aliphatic heterocycles. The topological polar surface area (TPSA) is 29.3 Å². The molecule has 2 atom stereocenters. The number of nitrogens with two attached hydrogens (primary N) is 1. The molecule has 0 aromatic heterocycles. The Bertz CT molecular complexity index is 648. The summed E-state index contributed by atoms with van der Waals surface area (Å²) < 4.78 is 0. The van der Waals surface area contributed by atoms with E-state index in [9.17, 15) is 0 Å². The van der Waals surface area contributed by atoms with Gasteiger partial charge in [-0.2, -0.15) is 0 Å². The van der Waals surface area contributed by atoms with Crippen molar-refractivity contribution in [3.8, 4) is 0 Å². The molecule has 2 nitrogen and oxygen atoms in total. The predicted molar refractivity (Wildman–Crippen MR) is 89.8 cm³/mol. The summed E-state index contributed by atoms with van der Waals surface area (Å²) in [5, 5.41) is 0. The number of benzene rings is 2. The van der Waals surface area contributed by atoms with Gasteiger partial charge in [0.15, 0.2) is 0 Å². The molecular weight excluding hydrogens is 256 g/mol. The van der Waals surface area contributed by atoms with E-state index in [-0.39, 0.29) is 6.04 Å². The van der Waals surface area contributed by atoms with Crippen molar-refractivity contribution < 1.29 is 0 Å².